The van der Waals surface area contributed by atoms with Crippen molar-refractivity contribution in [1.82, 2.24) is 14.1 Å². The summed E-state index contributed by atoms with van der Waals surface area (Å²) in [6, 6.07) is 16.4. The fraction of sp³-hybridized carbons (Fsp3) is 0.280. The molecule has 0 saturated heterocycles. The molecule has 1 unspecified atom stereocenters. The molecule has 0 saturated carbocycles. The number of hydrogen-bond donors (Lipinski definition) is 2. The summed E-state index contributed by atoms with van der Waals surface area (Å²) in [4.78, 5) is 17.1. The van der Waals surface area contributed by atoms with Crippen molar-refractivity contribution in [2.45, 2.75) is 26.8 Å². The average Bonchev–Trinajstić information content (AvgIpc) is 3.06. The number of benzene rings is 2. The van der Waals surface area contributed by atoms with Crippen LogP contribution in [0.4, 0.5) is 5.69 Å². The Hall–Kier alpha value is -3.19. The van der Waals surface area contributed by atoms with Gasteiger partial charge < -0.3 is 13.9 Å². The molecule has 0 aliphatic heterocycles. The molecule has 2 aromatic carbocycles. The van der Waals surface area contributed by atoms with Crippen molar-refractivity contribution in [3.05, 3.63) is 82.0 Å². The van der Waals surface area contributed by atoms with E-state index in [-0.39, 0.29) is 11.6 Å². The molecule has 0 spiro atoms. The minimum Gasteiger partial charge on any atom is -0.325 e. The van der Waals surface area contributed by atoms with E-state index < -0.39 is 10.1 Å². The van der Waals surface area contributed by atoms with Crippen molar-refractivity contribution in [2.75, 3.05) is 17.2 Å². The standard InChI is InChI=1S/C25H30N4O2S/c1-16-12-21(15-28(4)25(16)30)20-13-22(27-32(5,6)31)24-23(14-20)29(18(3)26-24)17(2)19-10-8-7-9-11-19/h7-15,17,32H,1-6H3,(H,27,31). The van der Waals surface area contributed by atoms with Gasteiger partial charge in [0.15, 0.2) is 0 Å². The van der Waals surface area contributed by atoms with E-state index in [1.165, 1.54) is 5.56 Å². The molecular weight excluding hydrogens is 420 g/mol. The number of nitrogens with one attached hydrogen (secondary N) is 1. The molecule has 6 nitrogen and oxygen atoms in total. The molecule has 1 atom stereocenters. The molecule has 4 rings (SSSR count). The summed E-state index contributed by atoms with van der Waals surface area (Å²) in [5.74, 6) is 0.884. The van der Waals surface area contributed by atoms with Crippen LogP contribution in [-0.4, -0.2) is 30.8 Å². The number of aromatic nitrogens is 3. The lowest BCUT2D eigenvalue weighted by atomic mass is 10.0. The van der Waals surface area contributed by atoms with Crippen molar-refractivity contribution in [2.24, 2.45) is 7.05 Å². The molecule has 7 heteroatoms. The summed E-state index contributed by atoms with van der Waals surface area (Å²) in [7, 11) is -0.814. The van der Waals surface area contributed by atoms with E-state index in [0.29, 0.717) is 5.56 Å². The van der Waals surface area contributed by atoms with Gasteiger partial charge >= 0.3 is 0 Å². The van der Waals surface area contributed by atoms with E-state index in [4.69, 9.17) is 4.98 Å². The molecule has 168 valence electrons. The zero-order valence-corrected chi connectivity index (χ0v) is 20.3. The Balaban J connectivity index is 2.00. The maximum atomic E-state index is 12.7. The van der Waals surface area contributed by atoms with Crippen molar-refractivity contribution >= 4 is 26.8 Å². The second-order valence-electron chi connectivity index (χ2n) is 8.80. The van der Waals surface area contributed by atoms with E-state index in [1.54, 1.807) is 24.1 Å². The lowest BCUT2D eigenvalue weighted by molar-refractivity contribution is 0.637. The molecule has 2 heterocycles. The molecule has 0 amide bonds. The minimum atomic E-state index is -2.57. The number of nitrogens with zero attached hydrogens (tertiary/aromatic N) is 3. The fourth-order valence-electron chi connectivity index (χ4n) is 4.26. The number of anilines is 1. The van der Waals surface area contributed by atoms with Crippen LogP contribution in [0.15, 0.2) is 59.5 Å². The molecule has 0 fully saturated rings. The number of hydrogen-bond acceptors (Lipinski definition) is 3. The molecule has 0 aliphatic carbocycles. The van der Waals surface area contributed by atoms with E-state index >= 15 is 0 Å². The molecular formula is C25H30N4O2S. The highest BCUT2D eigenvalue weighted by molar-refractivity contribution is 8.02. The van der Waals surface area contributed by atoms with Gasteiger partial charge in [-0.25, -0.2) is 4.98 Å². The van der Waals surface area contributed by atoms with Crippen LogP contribution < -0.4 is 10.3 Å². The zero-order chi connectivity index (χ0) is 23.2. The molecule has 2 aromatic heterocycles. The summed E-state index contributed by atoms with van der Waals surface area (Å²) in [5.41, 5.74) is 6.20. The Morgan fingerprint density at radius 1 is 1.03 bits per heavy atom. The average molecular weight is 451 g/mol. The van der Waals surface area contributed by atoms with Gasteiger partial charge in [0.1, 0.15) is 11.3 Å². The number of fused-ring (bicyclic) bond motifs is 1. The van der Waals surface area contributed by atoms with Gasteiger partial charge in [0.2, 0.25) is 0 Å². The van der Waals surface area contributed by atoms with Gasteiger partial charge in [0, 0.05) is 31.3 Å². The Kier molecular flexibility index (Phi) is 5.54. The van der Waals surface area contributed by atoms with Gasteiger partial charge in [-0.1, -0.05) is 30.3 Å². The highest BCUT2D eigenvalue weighted by Gasteiger charge is 2.20. The zero-order valence-electron chi connectivity index (χ0n) is 19.4. The topological polar surface area (TPSA) is 68.9 Å². The Labute approximate surface area is 189 Å². The molecule has 4 aromatic rings. The molecule has 0 aliphatic rings. The maximum absolute atomic E-state index is 12.7. The third-order valence-electron chi connectivity index (χ3n) is 5.73. The van der Waals surface area contributed by atoms with Gasteiger partial charge in [0.25, 0.3) is 5.56 Å². The summed E-state index contributed by atoms with van der Waals surface area (Å²) < 4.78 is 19.7. The van der Waals surface area contributed by atoms with Crippen LogP contribution in [0.25, 0.3) is 22.2 Å². The van der Waals surface area contributed by atoms with Gasteiger partial charge in [0.05, 0.1) is 17.2 Å². The normalized spacial score (nSPS) is 13.3. The van der Waals surface area contributed by atoms with Gasteiger partial charge in [-0.3, -0.25) is 9.00 Å². The van der Waals surface area contributed by atoms with Crippen LogP contribution in [0.2, 0.25) is 0 Å². The smallest absolute Gasteiger partial charge is 0.253 e. The third-order valence-corrected chi connectivity index (χ3v) is 6.51. The summed E-state index contributed by atoms with van der Waals surface area (Å²) >= 11 is 0. The van der Waals surface area contributed by atoms with Crippen LogP contribution in [0.5, 0.6) is 0 Å². The number of thiol groups is 1. The van der Waals surface area contributed by atoms with Crippen molar-refractivity contribution < 1.29 is 4.21 Å². The SMILES string of the molecule is Cc1cc(-c2cc(N[SH](C)(C)=O)c3nc(C)n(C(C)c4ccccc4)c3c2)cn(C)c1=O. The Morgan fingerprint density at radius 3 is 2.34 bits per heavy atom. The van der Waals surface area contributed by atoms with Crippen molar-refractivity contribution in [3.63, 3.8) is 0 Å². The molecule has 0 bridgehead atoms. The first-order chi connectivity index (χ1) is 15.0. The highest BCUT2D eigenvalue weighted by Crippen LogP contribution is 2.35. The summed E-state index contributed by atoms with van der Waals surface area (Å²) in [6.45, 7) is 5.97. The van der Waals surface area contributed by atoms with Crippen molar-refractivity contribution in [3.8, 4) is 11.1 Å². The predicted molar refractivity (Wildman–Crippen MR) is 135 cm³/mol. The predicted octanol–water partition coefficient (Wildman–Crippen LogP) is 4.23. The largest absolute Gasteiger partial charge is 0.325 e. The van der Waals surface area contributed by atoms with Crippen LogP contribution in [0.1, 0.15) is 29.9 Å². The number of rotatable bonds is 5. The lowest BCUT2D eigenvalue weighted by Gasteiger charge is -2.20. The molecule has 0 radical (unpaired) electrons. The first-order valence-corrected chi connectivity index (χ1v) is 13.2. The van der Waals surface area contributed by atoms with Gasteiger partial charge in [-0.05, 0) is 65.8 Å². The minimum absolute atomic E-state index is 0.0154. The molecule has 1 N–H and O–H groups in total. The number of aryl methyl sites for hydroxylation is 3. The summed E-state index contributed by atoms with van der Waals surface area (Å²) in [6.07, 6.45) is 5.25. The monoisotopic (exact) mass is 450 g/mol. The fourth-order valence-corrected chi connectivity index (χ4v) is 5.01. The highest BCUT2D eigenvalue weighted by atomic mass is 32.3. The van der Waals surface area contributed by atoms with Crippen LogP contribution in [0.3, 0.4) is 0 Å². The third kappa shape index (κ3) is 4.12. The van der Waals surface area contributed by atoms with Crippen LogP contribution in [-0.2, 0) is 17.2 Å². The van der Waals surface area contributed by atoms with E-state index in [1.807, 2.05) is 50.4 Å². The van der Waals surface area contributed by atoms with Crippen LogP contribution in [0, 0.1) is 13.8 Å². The first kappa shape index (κ1) is 22.0. The van der Waals surface area contributed by atoms with E-state index in [2.05, 4.69) is 34.4 Å². The Morgan fingerprint density at radius 2 is 1.72 bits per heavy atom. The van der Waals surface area contributed by atoms with Gasteiger partial charge in [-0.2, -0.15) is 0 Å². The second kappa shape index (κ2) is 8.06. The number of pyridine rings is 1. The maximum Gasteiger partial charge on any atom is 0.253 e. The lowest BCUT2D eigenvalue weighted by Crippen LogP contribution is -2.19. The van der Waals surface area contributed by atoms with E-state index in [9.17, 15) is 9.00 Å². The molecule has 32 heavy (non-hydrogen) atoms. The van der Waals surface area contributed by atoms with Crippen LogP contribution >= 0.6 is 0 Å². The van der Waals surface area contributed by atoms with Crippen molar-refractivity contribution in [1.29, 1.82) is 0 Å². The number of imidazole rings is 1. The first-order valence-electron chi connectivity index (χ1n) is 10.6. The summed E-state index contributed by atoms with van der Waals surface area (Å²) in [5, 5.41) is 0. The second-order valence-corrected chi connectivity index (χ2v) is 11.7. The van der Waals surface area contributed by atoms with Gasteiger partial charge in [-0.15, -0.1) is 0 Å². The van der Waals surface area contributed by atoms with E-state index in [0.717, 1.165) is 33.7 Å². The Bertz CT molecular complexity index is 1390. The quantitative estimate of drug-likeness (QED) is 0.447.